The van der Waals surface area contributed by atoms with Crippen molar-refractivity contribution in [3.63, 3.8) is 0 Å². The molecule has 0 aliphatic carbocycles. The molecule has 0 saturated carbocycles. The van der Waals surface area contributed by atoms with Gasteiger partial charge in [-0.25, -0.2) is 0 Å². The first-order chi connectivity index (χ1) is 6.92. The standard InChI is InChI=1S/C12H25BO2/c1-6-7-13-14-9-11(15-13)10(2)8-12(3,4)5/h10-11H,6-9H2,1-5H3. The zero-order valence-electron chi connectivity index (χ0n) is 10.9. The van der Waals surface area contributed by atoms with Crippen molar-refractivity contribution in [2.45, 2.75) is 59.9 Å². The molecule has 0 bridgehead atoms. The van der Waals surface area contributed by atoms with Crippen LogP contribution in [0.15, 0.2) is 0 Å². The van der Waals surface area contributed by atoms with Crippen LogP contribution in [0.3, 0.4) is 0 Å². The highest BCUT2D eigenvalue weighted by Gasteiger charge is 2.34. The Labute approximate surface area is 94.9 Å². The minimum Gasteiger partial charge on any atom is -0.408 e. The van der Waals surface area contributed by atoms with Gasteiger partial charge in [0.2, 0.25) is 0 Å². The Morgan fingerprint density at radius 2 is 2.07 bits per heavy atom. The van der Waals surface area contributed by atoms with E-state index < -0.39 is 0 Å². The first kappa shape index (κ1) is 13.1. The van der Waals surface area contributed by atoms with Gasteiger partial charge in [0.05, 0.1) is 12.7 Å². The lowest BCUT2D eigenvalue weighted by Crippen LogP contribution is -2.26. The zero-order chi connectivity index (χ0) is 11.5. The summed E-state index contributed by atoms with van der Waals surface area (Å²) >= 11 is 0. The van der Waals surface area contributed by atoms with E-state index >= 15 is 0 Å². The van der Waals surface area contributed by atoms with Crippen molar-refractivity contribution in [3.8, 4) is 0 Å². The van der Waals surface area contributed by atoms with Gasteiger partial charge in [0.1, 0.15) is 0 Å². The predicted molar refractivity (Wildman–Crippen MR) is 64.9 cm³/mol. The Hall–Kier alpha value is -0.0151. The third kappa shape index (κ3) is 4.56. The molecule has 0 aromatic carbocycles. The van der Waals surface area contributed by atoms with Crippen molar-refractivity contribution in [1.29, 1.82) is 0 Å². The topological polar surface area (TPSA) is 18.5 Å². The van der Waals surface area contributed by atoms with Crippen molar-refractivity contribution >= 4 is 7.12 Å². The van der Waals surface area contributed by atoms with E-state index in [0.29, 0.717) is 17.4 Å². The lowest BCUT2D eigenvalue weighted by Gasteiger charge is -2.26. The lowest BCUT2D eigenvalue weighted by atomic mass is 9.82. The van der Waals surface area contributed by atoms with Crippen LogP contribution in [0.4, 0.5) is 0 Å². The molecule has 0 N–H and O–H groups in total. The summed E-state index contributed by atoms with van der Waals surface area (Å²) in [5.74, 6) is 0.590. The van der Waals surface area contributed by atoms with Crippen molar-refractivity contribution in [1.82, 2.24) is 0 Å². The molecule has 0 aromatic heterocycles. The molecule has 2 atom stereocenters. The van der Waals surface area contributed by atoms with Gasteiger partial charge in [0, 0.05) is 0 Å². The SMILES string of the molecule is CCCB1OCC(C(C)CC(C)(C)C)O1. The molecular formula is C12H25BO2. The maximum absolute atomic E-state index is 5.89. The second-order valence-electron chi connectivity index (χ2n) is 5.97. The van der Waals surface area contributed by atoms with Crippen LogP contribution in [0, 0.1) is 11.3 Å². The quantitative estimate of drug-likeness (QED) is 0.665. The molecule has 2 nitrogen and oxygen atoms in total. The predicted octanol–water partition coefficient (Wildman–Crippen LogP) is 3.37. The third-order valence-electron chi connectivity index (χ3n) is 2.87. The first-order valence-electron chi connectivity index (χ1n) is 6.19. The summed E-state index contributed by atoms with van der Waals surface area (Å²) in [6, 6.07) is 0. The van der Waals surface area contributed by atoms with Crippen molar-refractivity contribution < 1.29 is 9.31 Å². The highest BCUT2D eigenvalue weighted by molar-refractivity contribution is 6.45. The highest BCUT2D eigenvalue weighted by atomic mass is 16.6. The van der Waals surface area contributed by atoms with Crippen LogP contribution in [-0.4, -0.2) is 19.8 Å². The van der Waals surface area contributed by atoms with E-state index in [-0.39, 0.29) is 7.12 Å². The maximum atomic E-state index is 5.89. The molecule has 2 unspecified atom stereocenters. The van der Waals surface area contributed by atoms with Gasteiger partial charge in [-0.3, -0.25) is 0 Å². The van der Waals surface area contributed by atoms with Crippen molar-refractivity contribution in [2.75, 3.05) is 6.61 Å². The van der Waals surface area contributed by atoms with E-state index in [9.17, 15) is 0 Å². The Kier molecular flexibility index (Phi) is 4.66. The summed E-state index contributed by atoms with van der Waals surface area (Å²) in [6.07, 6.45) is 3.66. The largest absolute Gasteiger partial charge is 0.457 e. The van der Waals surface area contributed by atoms with Gasteiger partial charge >= 0.3 is 7.12 Å². The number of hydrogen-bond acceptors (Lipinski definition) is 2. The van der Waals surface area contributed by atoms with Crippen LogP contribution in [0.2, 0.25) is 6.32 Å². The van der Waals surface area contributed by atoms with Crippen LogP contribution in [-0.2, 0) is 9.31 Å². The molecule has 15 heavy (non-hydrogen) atoms. The molecule has 1 aliphatic heterocycles. The first-order valence-corrected chi connectivity index (χ1v) is 6.19. The average Bonchev–Trinajstić information content (AvgIpc) is 2.50. The molecule has 0 radical (unpaired) electrons. The Bertz CT molecular complexity index is 189. The summed E-state index contributed by atoms with van der Waals surface area (Å²) in [6.45, 7) is 12.1. The van der Waals surface area contributed by atoms with Crippen LogP contribution >= 0.6 is 0 Å². The molecule has 1 aliphatic rings. The molecule has 0 spiro atoms. The maximum Gasteiger partial charge on any atom is 0.457 e. The normalized spacial score (nSPS) is 24.6. The Morgan fingerprint density at radius 1 is 1.40 bits per heavy atom. The lowest BCUT2D eigenvalue weighted by molar-refractivity contribution is 0.132. The smallest absolute Gasteiger partial charge is 0.408 e. The molecule has 88 valence electrons. The Morgan fingerprint density at radius 3 is 2.60 bits per heavy atom. The third-order valence-corrected chi connectivity index (χ3v) is 2.87. The monoisotopic (exact) mass is 212 g/mol. The molecular weight excluding hydrogens is 187 g/mol. The second-order valence-corrected chi connectivity index (χ2v) is 5.97. The molecule has 3 heteroatoms. The van der Waals surface area contributed by atoms with Gasteiger partial charge in [-0.1, -0.05) is 41.0 Å². The van der Waals surface area contributed by atoms with Gasteiger partial charge in [0.15, 0.2) is 0 Å². The van der Waals surface area contributed by atoms with E-state index in [0.717, 1.165) is 19.3 Å². The summed E-state index contributed by atoms with van der Waals surface area (Å²) in [5, 5.41) is 0. The molecule has 1 heterocycles. The number of hydrogen-bond donors (Lipinski definition) is 0. The summed E-state index contributed by atoms with van der Waals surface area (Å²) in [4.78, 5) is 0. The summed E-state index contributed by atoms with van der Waals surface area (Å²) in [5.41, 5.74) is 0.381. The van der Waals surface area contributed by atoms with E-state index in [1.807, 2.05) is 0 Å². The van der Waals surface area contributed by atoms with Crippen LogP contribution in [0.1, 0.15) is 47.5 Å². The van der Waals surface area contributed by atoms with E-state index in [1.165, 1.54) is 6.42 Å². The zero-order valence-corrected chi connectivity index (χ0v) is 10.9. The fourth-order valence-electron chi connectivity index (χ4n) is 2.26. The van der Waals surface area contributed by atoms with Crippen LogP contribution in [0.25, 0.3) is 0 Å². The van der Waals surface area contributed by atoms with Crippen molar-refractivity contribution in [2.24, 2.45) is 11.3 Å². The fraction of sp³-hybridized carbons (Fsp3) is 1.00. The Balaban J connectivity index is 2.33. The van der Waals surface area contributed by atoms with Gasteiger partial charge in [-0.05, 0) is 24.1 Å². The van der Waals surface area contributed by atoms with Gasteiger partial charge < -0.3 is 9.31 Å². The molecule has 1 rings (SSSR count). The summed E-state index contributed by atoms with van der Waals surface area (Å²) in [7, 11) is 0.0578. The van der Waals surface area contributed by atoms with Crippen LogP contribution < -0.4 is 0 Å². The summed E-state index contributed by atoms with van der Waals surface area (Å²) < 4.78 is 11.5. The van der Waals surface area contributed by atoms with Crippen LogP contribution in [0.5, 0.6) is 0 Å². The fourth-order valence-corrected chi connectivity index (χ4v) is 2.26. The van der Waals surface area contributed by atoms with Crippen molar-refractivity contribution in [3.05, 3.63) is 0 Å². The second kappa shape index (κ2) is 5.35. The van der Waals surface area contributed by atoms with E-state index in [1.54, 1.807) is 0 Å². The molecule has 1 saturated heterocycles. The number of rotatable bonds is 4. The molecule has 0 amide bonds. The molecule has 1 fully saturated rings. The molecule has 0 aromatic rings. The van der Waals surface area contributed by atoms with Gasteiger partial charge in [-0.2, -0.15) is 0 Å². The average molecular weight is 212 g/mol. The van der Waals surface area contributed by atoms with E-state index in [4.69, 9.17) is 9.31 Å². The van der Waals surface area contributed by atoms with E-state index in [2.05, 4.69) is 34.6 Å². The van der Waals surface area contributed by atoms with Gasteiger partial charge in [0.25, 0.3) is 0 Å². The highest BCUT2D eigenvalue weighted by Crippen LogP contribution is 2.29. The van der Waals surface area contributed by atoms with Gasteiger partial charge in [-0.15, -0.1) is 0 Å². The minimum absolute atomic E-state index is 0.0578. The minimum atomic E-state index is 0.0578.